The molecule has 10 atom stereocenters. The van der Waals surface area contributed by atoms with E-state index in [9.17, 15) is 39.6 Å². The number of ether oxygens (including phenoxy) is 5. The number of pyridine rings is 1. The van der Waals surface area contributed by atoms with Crippen molar-refractivity contribution in [2.45, 2.75) is 136 Å². The monoisotopic (exact) mass is 1150 g/mol. The molecule has 6 aliphatic rings. The standard InChI is InChI=1S/C62H75FN6O14/c1-29-13-12-14-30(2)60(78)64-48-47-46(43-44(55(48)76)53(74)34(6)57-45(43)59(77)61(9,83-57)81-24-18-42(79-10)31(3)56(82-36(8)71)33(5)52(73)32(4)51(29)72)65-62(66-47)19-22-67(23-20-62)26-37-17-21-68(27-37)50-41(63)25-39-49(58(50)80-11)69(38-15-16-38)28-40(35(7)70)54(39)75/h12-14,18,24-25,28-29,31-33,37-38,42,51-52,56,72-74,76H,15-17,19-23,26-27H2,1-11H3,(H,64,78)/b13-12+,24-18+,30-14-/t29-,31+,32+,33+,37?,42-,51-,52+,56+,61-/m0/s1. The van der Waals surface area contributed by atoms with Crippen LogP contribution in [0.25, 0.3) is 21.7 Å². The van der Waals surface area contributed by atoms with Crippen molar-refractivity contribution in [2.75, 3.05) is 57.2 Å². The summed E-state index contributed by atoms with van der Waals surface area (Å²) in [5.41, 5.74) is -0.743. The van der Waals surface area contributed by atoms with Crippen LogP contribution in [0.15, 0.2) is 63.2 Å². The number of aromatic hydroxyl groups is 2. The molecule has 0 radical (unpaired) electrons. The van der Waals surface area contributed by atoms with Gasteiger partial charge in [0.25, 0.3) is 11.7 Å². The fourth-order valence-electron chi connectivity index (χ4n) is 13.1. The average Bonchev–Trinajstić information content (AvgIpc) is 1.79. The Morgan fingerprint density at radius 3 is 2.25 bits per heavy atom. The van der Waals surface area contributed by atoms with Crippen LogP contribution in [0.5, 0.6) is 23.0 Å². The number of carbonyl (C=O) groups excluding carboxylic acids is 4. The zero-order chi connectivity index (χ0) is 59.9. The molecule has 3 aromatic carbocycles. The van der Waals surface area contributed by atoms with Gasteiger partial charge in [0.15, 0.2) is 34.2 Å². The summed E-state index contributed by atoms with van der Waals surface area (Å²) in [6.45, 7) is 16.8. The Morgan fingerprint density at radius 1 is 0.904 bits per heavy atom. The van der Waals surface area contributed by atoms with Crippen LogP contribution in [-0.4, -0.2) is 136 Å². The lowest BCUT2D eigenvalue weighted by atomic mass is 9.78. The van der Waals surface area contributed by atoms with Gasteiger partial charge in [0, 0.05) is 119 Å². The Hall–Kier alpha value is -7.20. The second-order valence-corrected chi connectivity index (χ2v) is 23.9. The molecule has 1 aromatic heterocycles. The summed E-state index contributed by atoms with van der Waals surface area (Å²) in [4.78, 5) is 82.6. The van der Waals surface area contributed by atoms with Gasteiger partial charge in [-0.2, -0.15) is 0 Å². The summed E-state index contributed by atoms with van der Waals surface area (Å²) >= 11 is 0. The Bertz CT molecular complexity index is 3640. The number of hydrogen-bond donors (Lipinski definition) is 5. The summed E-state index contributed by atoms with van der Waals surface area (Å²) in [5.74, 6) is -8.09. The maximum Gasteiger partial charge on any atom is 0.312 e. The topological polar surface area (TPSA) is 261 Å². The van der Waals surface area contributed by atoms with E-state index in [-0.39, 0.29) is 89.8 Å². The molecule has 5 N–H and O–H groups in total. The summed E-state index contributed by atoms with van der Waals surface area (Å²) in [5, 5.41) is 50.8. The van der Waals surface area contributed by atoms with Crippen molar-refractivity contribution in [2.24, 2.45) is 39.6 Å². The van der Waals surface area contributed by atoms with Crippen molar-refractivity contribution in [1.29, 1.82) is 0 Å². The number of ketones is 2. The SMILES string of the molecule is COc1c(N2CCC(CN3CCC4(CC3)N=c3c5c(O)c6c(O)c(C)c7c(c6c3=N4)C(=O)[C@@](C)(O/C=C/[C@H](OC)[C@@H](C)[C@@H](OC(C)=O)[C@H](C)[C@H](O)[C@H](C)[C@@H](O)[C@@H](C)/C=C/C=C(/C)C(=O)N5)O7)C2)c(F)cc2c(=O)c(C(C)=O)cn(C3CC3)c12. The molecule has 21 heteroatoms. The quantitative estimate of drug-likeness (QED) is 0.0705. The molecule has 1 saturated carbocycles. The summed E-state index contributed by atoms with van der Waals surface area (Å²) < 4.78 is 48.4. The van der Waals surface area contributed by atoms with Gasteiger partial charge in [-0.05, 0) is 58.1 Å². The van der Waals surface area contributed by atoms with Crippen LogP contribution in [0.1, 0.15) is 120 Å². The molecule has 1 amide bonds. The normalized spacial score (nSPS) is 29.8. The van der Waals surface area contributed by atoms with E-state index >= 15 is 9.18 Å². The number of carbonyl (C=O) groups is 4. The number of aromatic nitrogens is 1. The number of fused-ring (bicyclic) bond motifs is 2. The highest BCUT2D eigenvalue weighted by atomic mass is 19.1. The Balaban J connectivity index is 0.986. The maximum atomic E-state index is 16.4. The summed E-state index contributed by atoms with van der Waals surface area (Å²) in [7, 11) is 2.92. The van der Waals surface area contributed by atoms with Crippen molar-refractivity contribution in [3.63, 3.8) is 0 Å². The van der Waals surface area contributed by atoms with Gasteiger partial charge >= 0.3 is 11.8 Å². The molecule has 2 saturated heterocycles. The van der Waals surface area contributed by atoms with Crippen LogP contribution in [0.4, 0.5) is 15.8 Å². The van der Waals surface area contributed by atoms with Gasteiger partial charge in [0.1, 0.15) is 34.3 Å². The molecular weight excluding hydrogens is 1070 g/mol. The van der Waals surface area contributed by atoms with Crippen LogP contribution < -0.4 is 35.8 Å². The number of benzene rings is 3. The number of anilines is 2. The summed E-state index contributed by atoms with van der Waals surface area (Å²) in [6, 6.07) is 1.30. The third kappa shape index (κ3) is 10.4. The Kier molecular flexibility index (Phi) is 15.9. The number of allylic oxidation sites excluding steroid dienone is 2. The largest absolute Gasteiger partial charge is 0.507 e. The van der Waals surface area contributed by atoms with E-state index in [4.69, 9.17) is 33.7 Å². The number of likely N-dealkylation sites (tertiary alicyclic amines) is 1. The number of phenolic OH excluding ortho intramolecular Hbond substituents is 2. The zero-order valence-corrected chi connectivity index (χ0v) is 48.9. The van der Waals surface area contributed by atoms with Crippen molar-refractivity contribution >= 4 is 56.5 Å². The van der Waals surface area contributed by atoms with Gasteiger partial charge in [-0.15, -0.1) is 0 Å². The number of hydrogen-bond acceptors (Lipinski definition) is 18. The number of nitrogens with one attached hydrogen (secondary N) is 1. The summed E-state index contributed by atoms with van der Waals surface area (Å²) in [6.07, 6.45) is 8.49. The van der Waals surface area contributed by atoms with E-state index in [0.717, 1.165) is 19.3 Å². The first-order chi connectivity index (χ1) is 39.3. The van der Waals surface area contributed by atoms with Gasteiger partial charge in [-0.3, -0.25) is 34.0 Å². The molecule has 1 unspecified atom stereocenters. The number of esters is 1. The fourth-order valence-corrected chi connectivity index (χ4v) is 13.1. The molecule has 4 bridgehead atoms. The highest BCUT2D eigenvalue weighted by Gasteiger charge is 2.50. The number of halogens is 1. The molecular formula is C62H75FN6O14. The zero-order valence-electron chi connectivity index (χ0n) is 48.9. The number of Topliss-reactive ketones (excluding diaryl/α,β-unsaturated/α-hetero) is 2. The van der Waals surface area contributed by atoms with Crippen molar-refractivity contribution in [3.8, 4) is 23.0 Å². The minimum atomic E-state index is -2.04. The molecule has 6 heterocycles. The van der Waals surface area contributed by atoms with Crippen LogP contribution >= 0.6 is 0 Å². The number of piperidine rings is 1. The van der Waals surface area contributed by atoms with Crippen LogP contribution in [0.3, 0.4) is 0 Å². The molecule has 444 valence electrons. The predicted molar refractivity (Wildman–Crippen MR) is 306 cm³/mol. The Morgan fingerprint density at radius 2 is 1.60 bits per heavy atom. The molecule has 3 fully saturated rings. The molecule has 4 aromatic rings. The van der Waals surface area contributed by atoms with Gasteiger partial charge in [0.05, 0.1) is 64.5 Å². The van der Waals surface area contributed by atoms with E-state index in [1.807, 2.05) is 9.47 Å². The van der Waals surface area contributed by atoms with E-state index < -0.39 is 99.9 Å². The number of phenols is 2. The lowest BCUT2D eigenvalue weighted by molar-refractivity contribution is -0.160. The van der Waals surface area contributed by atoms with E-state index in [0.29, 0.717) is 51.1 Å². The second-order valence-electron chi connectivity index (χ2n) is 23.9. The predicted octanol–water partition coefficient (Wildman–Crippen LogP) is 6.62. The van der Waals surface area contributed by atoms with E-state index in [2.05, 4.69) is 10.2 Å². The first-order valence-electron chi connectivity index (χ1n) is 28.6. The molecule has 1 aliphatic carbocycles. The minimum Gasteiger partial charge on any atom is -0.507 e. The van der Waals surface area contributed by atoms with Crippen molar-refractivity contribution in [3.05, 3.63) is 91.8 Å². The first-order valence-corrected chi connectivity index (χ1v) is 28.6. The second kappa shape index (κ2) is 22.4. The maximum absolute atomic E-state index is 16.4. The molecule has 10 rings (SSSR count). The third-order valence-electron chi connectivity index (χ3n) is 18.1. The molecule has 5 aliphatic heterocycles. The van der Waals surface area contributed by atoms with Crippen LogP contribution in [0.2, 0.25) is 0 Å². The molecule has 1 spiro atoms. The van der Waals surface area contributed by atoms with Gasteiger partial charge < -0.3 is 63.8 Å². The Labute approximate surface area is 479 Å². The van der Waals surface area contributed by atoms with E-state index in [1.54, 1.807) is 53.0 Å². The number of aliphatic hydroxyl groups excluding tert-OH is 2. The fraction of sp³-hybridized carbons (Fsp3) is 0.532. The smallest absolute Gasteiger partial charge is 0.312 e. The number of methoxy groups -OCH3 is 2. The van der Waals surface area contributed by atoms with Gasteiger partial charge in [-0.25, -0.2) is 4.39 Å². The number of amides is 1. The van der Waals surface area contributed by atoms with Crippen LogP contribution in [-0.2, 0) is 23.8 Å². The molecule has 20 nitrogen and oxygen atoms in total. The van der Waals surface area contributed by atoms with Gasteiger partial charge in [0.2, 0.25) is 0 Å². The van der Waals surface area contributed by atoms with Crippen LogP contribution in [0, 0.1) is 42.3 Å². The number of rotatable bonds is 8. The first kappa shape index (κ1) is 59.0. The third-order valence-corrected chi connectivity index (χ3v) is 18.1. The van der Waals surface area contributed by atoms with Crippen molar-refractivity contribution < 1.29 is 67.7 Å². The number of nitrogens with zero attached hydrogens (tertiary/aromatic N) is 5. The highest BCUT2D eigenvalue weighted by Crippen LogP contribution is 2.51. The molecule has 83 heavy (non-hydrogen) atoms. The van der Waals surface area contributed by atoms with Crippen molar-refractivity contribution in [1.82, 2.24) is 9.47 Å². The highest BCUT2D eigenvalue weighted by molar-refractivity contribution is 6.19. The lowest BCUT2D eigenvalue weighted by Crippen LogP contribution is -2.46. The lowest BCUT2D eigenvalue weighted by Gasteiger charge is -2.38. The van der Waals surface area contributed by atoms with Gasteiger partial charge in [-0.1, -0.05) is 45.9 Å². The van der Waals surface area contributed by atoms with E-state index in [1.165, 1.54) is 66.4 Å². The average molecular weight is 1150 g/mol. The minimum absolute atomic E-state index is 0.0116. The number of aliphatic hydroxyl groups is 2.